The highest BCUT2D eigenvalue weighted by molar-refractivity contribution is 7.47. The summed E-state index contributed by atoms with van der Waals surface area (Å²) in [6.07, 6.45) is 77.8. The van der Waals surface area contributed by atoms with Gasteiger partial charge in [-0.05, 0) is 103 Å². The van der Waals surface area contributed by atoms with E-state index in [1.807, 2.05) is 21.1 Å². The molecule has 0 saturated heterocycles. The van der Waals surface area contributed by atoms with Crippen LogP contribution in [0.5, 0.6) is 0 Å². The second-order valence-electron chi connectivity index (χ2n) is 18.9. The minimum atomic E-state index is -4.33. The number of nitrogens with one attached hydrogen (secondary N) is 1. The Balaban J connectivity index is 4.18. The van der Waals surface area contributed by atoms with Crippen LogP contribution in [0, 0.1) is 0 Å². The molecule has 8 nitrogen and oxygen atoms in total. The van der Waals surface area contributed by atoms with Gasteiger partial charge in [-0.25, -0.2) is 4.57 Å². The maximum Gasteiger partial charge on any atom is 0.472 e. The van der Waals surface area contributed by atoms with E-state index in [1.165, 1.54) is 38.5 Å². The van der Waals surface area contributed by atoms with Crippen LogP contribution in [-0.4, -0.2) is 73.4 Å². The number of amides is 1. The SMILES string of the molecule is CC/C=C\C/C=C\C/C=C\C/C=C\C/C=C\C/C=C\C/C=C\C/C=C\C/C=C\C/C=C\C/C=C\C/C=C\CCCCC(=O)NC(COP(=O)(O)OCC[N+](C)(C)C)C(O)CCCCCCCCCCC. The van der Waals surface area contributed by atoms with Crippen LogP contribution in [0.25, 0.3) is 0 Å². The van der Waals surface area contributed by atoms with Crippen molar-refractivity contribution in [1.29, 1.82) is 0 Å². The zero-order valence-corrected chi connectivity index (χ0v) is 45.8. The second kappa shape index (κ2) is 50.3. The van der Waals surface area contributed by atoms with E-state index in [-0.39, 0.29) is 19.1 Å². The fraction of sp³-hybridized carbons (Fsp3) is 0.590. The first-order valence-corrected chi connectivity index (χ1v) is 28.7. The number of hydrogen-bond acceptors (Lipinski definition) is 5. The molecule has 3 unspecified atom stereocenters. The van der Waals surface area contributed by atoms with Crippen LogP contribution in [0.4, 0.5) is 0 Å². The van der Waals surface area contributed by atoms with Gasteiger partial charge in [0.25, 0.3) is 0 Å². The Labute approximate surface area is 429 Å². The highest BCUT2D eigenvalue weighted by Crippen LogP contribution is 2.43. The van der Waals surface area contributed by atoms with Crippen LogP contribution in [-0.2, 0) is 18.4 Å². The third kappa shape index (κ3) is 52.2. The number of carbonyl (C=O) groups is 1. The lowest BCUT2D eigenvalue weighted by Crippen LogP contribution is -2.46. The van der Waals surface area contributed by atoms with E-state index in [2.05, 4.69) is 165 Å². The third-order valence-corrected chi connectivity index (χ3v) is 12.1. The van der Waals surface area contributed by atoms with Crippen LogP contribution in [0.15, 0.2) is 146 Å². The Kier molecular flexibility index (Phi) is 47.7. The molecule has 396 valence electrons. The Morgan fingerprint density at radius 3 is 1.23 bits per heavy atom. The van der Waals surface area contributed by atoms with Gasteiger partial charge in [-0.2, -0.15) is 0 Å². The Morgan fingerprint density at radius 1 is 0.500 bits per heavy atom. The maximum absolute atomic E-state index is 12.9. The zero-order valence-electron chi connectivity index (χ0n) is 44.9. The molecule has 0 bridgehead atoms. The number of nitrogens with zero attached hydrogens (tertiary/aromatic N) is 1. The smallest absolute Gasteiger partial charge is 0.391 e. The van der Waals surface area contributed by atoms with Crippen molar-refractivity contribution in [1.82, 2.24) is 5.32 Å². The van der Waals surface area contributed by atoms with Crippen molar-refractivity contribution in [3.05, 3.63) is 146 Å². The van der Waals surface area contributed by atoms with Gasteiger partial charge in [-0.15, -0.1) is 0 Å². The largest absolute Gasteiger partial charge is 0.472 e. The Bertz CT molecular complexity index is 1640. The van der Waals surface area contributed by atoms with E-state index >= 15 is 0 Å². The van der Waals surface area contributed by atoms with E-state index in [0.717, 1.165) is 109 Å². The van der Waals surface area contributed by atoms with Gasteiger partial charge in [-0.3, -0.25) is 13.8 Å². The molecule has 0 heterocycles. The number of allylic oxidation sites excluding steroid dienone is 24. The quantitative estimate of drug-likeness (QED) is 0.0243. The summed E-state index contributed by atoms with van der Waals surface area (Å²) >= 11 is 0. The maximum atomic E-state index is 12.9. The van der Waals surface area contributed by atoms with Gasteiger partial charge in [0.15, 0.2) is 0 Å². The average molecular weight is 990 g/mol. The first kappa shape index (κ1) is 66.4. The number of quaternary nitrogens is 1. The standard InChI is InChI=1S/C61H101N2O6P/c1-6-8-10-12-14-16-17-18-19-20-21-22-23-24-25-26-27-28-29-30-31-32-33-34-35-36-37-38-39-40-41-42-43-44-45-47-49-51-53-55-61(65)62-59(58-69-70(66,67)68-57-56-63(3,4)5)60(64)54-52-50-48-46-15-13-11-9-7-2/h8,10,14,16,18-19,21-22,24-25,27-28,30-31,33-34,36-37,39-40,42-43,45,47,59-60,64H,6-7,9,11-13,15,17,20,23,26,29,32,35,38,41,44,46,48-58H2,1-5H3,(H-,62,65,66,67)/p+1/b10-8-,16-14-,19-18-,22-21-,25-24-,28-27-,31-30-,34-33-,37-36-,40-39-,43-42-,47-45-. The summed E-state index contributed by atoms with van der Waals surface area (Å²) in [5.74, 6) is -0.196. The van der Waals surface area contributed by atoms with Crippen molar-refractivity contribution in [2.45, 2.75) is 193 Å². The number of aliphatic hydroxyl groups excluding tert-OH is 1. The first-order chi connectivity index (χ1) is 34.0. The molecule has 70 heavy (non-hydrogen) atoms. The molecule has 0 rings (SSSR count). The Morgan fingerprint density at radius 2 is 0.857 bits per heavy atom. The number of likely N-dealkylation sites (N-methyl/N-ethyl adjacent to an activating group) is 1. The van der Waals surface area contributed by atoms with Gasteiger partial charge >= 0.3 is 7.82 Å². The molecule has 0 aliphatic carbocycles. The second-order valence-corrected chi connectivity index (χ2v) is 20.3. The number of unbranched alkanes of at least 4 members (excludes halogenated alkanes) is 10. The van der Waals surface area contributed by atoms with Crippen LogP contribution in [0.2, 0.25) is 0 Å². The van der Waals surface area contributed by atoms with Gasteiger partial charge in [0.1, 0.15) is 13.2 Å². The molecule has 0 spiro atoms. The summed E-state index contributed by atoms with van der Waals surface area (Å²) in [7, 11) is 1.56. The molecule has 1 amide bonds. The van der Waals surface area contributed by atoms with Crippen LogP contribution in [0.1, 0.15) is 181 Å². The third-order valence-electron chi connectivity index (χ3n) is 11.1. The number of hydrogen-bond donors (Lipinski definition) is 3. The summed E-state index contributed by atoms with van der Waals surface area (Å²) < 4.78 is 23.6. The summed E-state index contributed by atoms with van der Waals surface area (Å²) in [4.78, 5) is 23.1. The monoisotopic (exact) mass is 990 g/mol. The molecular weight excluding hydrogens is 888 g/mol. The molecule has 0 aliphatic heterocycles. The molecule has 0 aromatic heterocycles. The number of carbonyl (C=O) groups excluding carboxylic acids is 1. The summed E-state index contributed by atoms with van der Waals surface area (Å²) in [5, 5.41) is 13.9. The van der Waals surface area contributed by atoms with Gasteiger partial charge < -0.3 is 19.8 Å². The first-order valence-electron chi connectivity index (χ1n) is 27.2. The molecule has 0 fully saturated rings. The number of phosphoric acid groups is 1. The van der Waals surface area contributed by atoms with Crippen LogP contribution in [0.3, 0.4) is 0 Å². The van der Waals surface area contributed by atoms with Crippen molar-refractivity contribution in [3.63, 3.8) is 0 Å². The molecule has 0 radical (unpaired) electrons. The van der Waals surface area contributed by atoms with Crippen molar-refractivity contribution in [2.75, 3.05) is 40.9 Å². The summed E-state index contributed by atoms with van der Waals surface area (Å²) in [5.41, 5.74) is 0. The number of phosphoric ester groups is 1. The van der Waals surface area contributed by atoms with E-state index in [0.29, 0.717) is 30.3 Å². The summed E-state index contributed by atoms with van der Waals surface area (Å²) in [6.45, 7) is 4.68. The molecule has 3 N–H and O–H groups in total. The van der Waals surface area contributed by atoms with Crippen LogP contribution < -0.4 is 5.32 Å². The fourth-order valence-electron chi connectivity index (χ4n) is 6.85. The number of rotatable bonds is 47. The highest BCUT2D eigenvalue weighted by Gasteiger charge is 2.28. The van der Waals surface area contributed by atoms with Gasteiger partial charge in [0.2, 0.25) is 5.91 Å². The van der Waals surface area contributed by atoms with Gasteiger partial charge in [0.05, 0.1) is 39.9 Å². The lowest BCUT2D eigenvalue weighted by atomic mass is 10.0. The normalized spacial score (nSPS) is 15.1. The van der Waals surface area contributed by atoms with Crippen molar-refractivity contribution < 1.29 is 32.9 Å². The number of aliphatic hydroxyl groups is 1. The molecule has 9 heteroatoms. The molecule has 0 aromatic rings. The lowest BCUT2D eigenvalue weighted by molar-refractivity contribution is -0.870. The topological polar surface area (TPSA) is 105 Å². The Hall–Kier alpha value is -3.62. The zero-order chi connectivity index (χ0) is 51.3. The van der Waals surface area contributed by atoms with Gasteiger partial charge in [-0.1, -0.05) is 217 Å². The lowest BCUT2D eigenvalue weighted by Gasteiger charge is -2.26. The van der Waals surface area contributed by atoms with Crippen LogP contribution >= 0.6 is 7.82 Å². The molecule has 0 saturated carbocycles. The summed E-state index contributed by atoms with van der Waals surface area (Å²) in [6, 6.07) is -0.792. The molecule has 0 aliphatic rings. The predicted molar refractivity (Wildman–Crippen MR) is 304 cm³/mol. The van der Waals surface area contributed by atoms with Crippen molar-refractivity contribution in [3.8, 4) is 0 Å². The van der Waals surface area contributed by atoms with E-state index in [9.17, 15) is 19.4 Å². The van der Waals surface area contributed by atoms with Crippen molar-refractivity contribution >= 4 is 13.7 Å². The fourth-order valence-corrected chi connectivity index (χ4v) is 7.58. The average Bonchev–Trinajstić information content (AvgIpc) is 3.32. The minimum absolute atomic E-state index is 0.0577. The van der Waals surface area contributed by atoms with E-state index < -0.39 is 20.0 Å². The van der Waals surface area contributed by atoms with E-state index in [1.54, 1.807) is 0 Å². The highest BCUT2D eigenvalue weighted by atomic mass is 31.2. The van der Waals surface area contributed by atoms with Crippen molar-refractivity contribution in [2.24, 2.45) is 0 Å². The predicted octanol–water partition coefficient (Wildman–Crippen LogP) is 16.5. The van der Waals surface area contributed by atoms with E-state index in [4.69, 9.17) is 9.05 Å². The minimum Gasteiger partial charge on any atom is -0.391 e. The molecule has 3 atom stereocenters. The molecule has 0 aromatic carbocycles. The van der Waals surface area contributed by atoms with Gasteiger partial charge in [0, 0.05) is 6.42 Å². The molecular formula is C61H102N2O6P+.